The Morgan fingerprint density at radius 3 is 2.87 bits per heavy atom. The minimum Gasteiger partial charge on any atom is -0.374 e. The number of alkyl halides is 2. The van der Waals surface area contributed by atoms with Gasteiger partial charge < -0.3 is 20.3 Å². The van der Waals surface area contributed by atoms with Gasteiger partial charge >= 0.3 is 0 Å². The molecule has 0 aliphatic carbocycles. The number of rotatable bonds is 8. The highest BCUT2D eigenvalue weighted by Crippen LogP contribution is 2.15. The molecule has 2 saturated heterocycles. The monoisotopic (exact) mass is 355 g/mol. The maximum Gasteiger partial charge on any atom is 0.261 e. The normalized spacial score (nSPS) is 25.3. The van der Waals surface area contributed by atoms with E-state index in [0.717, 1.165) is 45.3 Å². The van der Waals surface area contributed by atoms with Gasteiger partial charge in [0, 0.05) is 19.6 Å². The summed E-state index contributed by atoms with van der Waals surface area (Å²) in [4.78, 5) is 14.2. The molecular weight excluding hydrogens is 328 g/mol. The van der Waals surface area contributed by atoms with Crippen LogP contribution >= 0.6 is 12.4 Å². The van der Waals surface area contributed by atoms with Gasteiger partial charge in [-0.3, -0.25) is 4.79 Å². The van der Waals surface area contributed by atoms with Crippen LogP contribution in [0.1, 0.15) is 25.7 Å². The summed E-state index contributed by atoms with van der Waals surface area (Å²) in [5, 5.41) is 6.23. The Morgan fingerprint density at radius 2 is 2.17 bits per heavy atom. The van der Waals surface area contributed by atoms with Crippen molar-refractivity contribution in [2.24, 2.45) is 5.92 Å². The lowest BCUT2D eigenvalue weighted by Gasteiger charge is -2.32. The molecule has 2 unspecified atom stereocenters. The topological polar surface area (TPSA) is 53.6 Å². The molecule has 136 valence electrons. The van der Waals surface area contributed by atoms with Gasteiger partial charge in [-0.25, -0.2) is 8.78 Å². The quantitative estimate of drug-likeness (QED) is 0.644. The van der Waals surface area contributed by atoms with Crippen LogP contribution in [0.25, 0.3) is 0 Å². The van der Waals surface area contributed by atoms with Gasteiger partial charge in [0.05, 0.1) is 12.6 Å². The van der Waals surface area contributed by atoms with Crippen LogP contribution in [-0.4, -0.2) is 69.2 Å². The smallest absolute Gasteiger partial charge is 0.261 e. The molecule has 2 rings (SSSR count). The average molecular weight is 356 g/mol. The Labute approximate surface area is 142 Å². The van der Waals surface area contributed by atoms with Gasteiger partial charge in [-0.2, -0.15) is 0 Å². The number of hydrogen-bond donors (Lipinski definition) is 2. The van der Waals surface area contributed by atoms with E-state index in [9.17, 15) is 13.6 Å². The fourth-order valence-electron chi connectivity index (χ4n) is 3.16. The molecule has 2 heterocycles. The number of nitrogens with zero attached hydrogens (tertiary/aromatic N) is 1. The number of amides is 1. The summed E-state index contributed by atoms with van der Waals surface area (Å²) in [6, 6.07) is -0.0255. The van der Waals surface area contributed by atoms with Gasteiger partial charge in [0.1, 0.15) is 6.61 Å². The standard InChI is InChI=1S/C15H27F2N3O2.ClH/c16-14(17)11-22-8-7-20-6-2-3-12(10-20)9-19-15(21)13-4-1-5-18-13;/h12-14,18H,1-11H2,(H,19,21);1H. The molecule has 2 fully saturated rings. The zero-order valence-corrected chi connectivity index (χ0v) is 14.3. The Hall–Kier alpha value is -0.500. The summed E-state index contributed by atoms with van der Waals surface area (Å²) in [6.45, 7) is 4.04. The molecule has 0 bridgehead atoms. The third-order valence-electron chi connectivity index (χ3n) is 4.34. The second kappa shape index (κ2) is 11.1. The van der Waals surface area contributed by atoms with E-state index in [1.54, 1.807) is 0 Å². The van der Waals surface area contributed by atoms with Crippen LogP contribution in [0.5, 0.6) is 0 Å². The van der Waals surface area contributed by atoms with Gasteiger partial charge in [0.15, 0.2) is 0 Å². The number of halogens is 3. The summed E-state index contributed by atoms with van der Waals surface area (Å²) in [7, 11) is 0. The van der Waals surface area contributed by atoms with Gasteiger partial charge in [-0.1, -0.05) is 0 Å². The van der Waals surface area contributed by atoms with Crippen molar-refractivity contribution in [3.05, 3.63) is 0 Å². The largest absolute Gasteiger partial charge is 0.374 e. The molecule has 0 aromatic rings. The van der Waals surface area contributed by atoms with Crippen LogP contribution in [0, 0.1) is 5.92 Å². The number of likely N-dealkylation sites (tertiary alicyclic amines) is 1. The lowest BCUT2D eigenvalue weighted by atomic mass is 9.98. The summed E-state index contributed by atoms with van der Waals surface area (Å²) < 4.78 is 28.9. The average Bonchev–Trinajstić information content (AvgIpc) is 3.04. The first-order valence-corrected chi connectivity index (χ1v) is 8.24. The minimum absolute atomic E-state index is 0. The summed E-state index contributed by atoms with van der Waals surface area (Å²) >= 11 is 0. The number of nitrogens with one attached hydrogen (secondary N) is 2. The fraction of sp³-hybridized carbons (Fsp3) is 0.933. The van der Waals surface area contributed by atoms with E-state index in [1.165, 1.54) is 0 Å². The second-order valence-electron chi connectivity index (χ2n) is 6.17. The van der Waals surface area contributed by atoms with Gasteiger partial charge in [-0.05, 0) is 44.7 Å². The molecule has 5 nitrogen and oxygen atoms in total. The van der Waals surface area contributed by atoms with E-state index in [0.29, 0.717) is 25.6 Å². The zero-order valence-electron chi connectivity index (χ0n) is 13.4. The van der Waals surface area contributed by atoms with Crippen LogP contribution in [-0.2, 0) is 9.53 Å². The molecule has 8 heteroatoms. The first-order valence-electron chi connectivity index (χ1n) is 8.24. The predicted octanol–water partition coefficient (Wildman–Crippen LogP) is 1.27. The van der Waals surface area contributed by atoms with Crippen LogP contribution in [0.4, 0.5) is 8.78 Å². The number of hydrogen-bond acceptors (Lipinski definition) is 4. The lowest BCUT2D eigenvalue weighted by Crippen LogP contribution is -2.46. The van der Waals surface area contributed by atoms with Crippen molar-refractivity contribution in [2.75, 3.05) is 45.9 Å². The molecule has 0 saturated carbocycles. The maximum atomic E-state index is 12.0. The Morgan fingerprint density at radius 1 is 1.35 bits per heavy atom. The molecule has 23 heavy (non-hydrogen) atoms. The van der Waals surface area contributed by atoms with Crippen molar-refractivity contribution < 1.29 is 18.3 Å². The third-order valence-corrected chi connectivity index (χ3v) is 4.34. The van der Waals surface area contributed by atoms with E-state index in [1.807, 2.05) is 0 Å². The number of piperidine rings is 1. The molecule has 2 N–H and O–H groups in total. The van der Waals surface area contributed by atoms with E-state index in [2.05, 4.69) is 15.5 Å². The van der Waals surface area contributed by atoms with Crippen LogP contribution in [0.2, 0.25) is 0 Å². The maximum absolute atomic E-state index is 12.0. The second-order valence-corrected chi connectivity index (χ2v) is 6.17. The summed E-state index contributed by atoms with van der Waals surface area (Å²) in [5.74, 6) is 0.545. The lowest BCUT2D eigenvalue weighted by molar-refractivity contribution is -0.123. The van der Waals surface area contributed by atoms with Crippen molar-refractivity contribution >= 4 is 18.3 Å². The van der Waals surface area contributed by atoms with Crippen LogP contribution in [0.3, 0.4) is 0 Å². The minimum atomic E-state index is -2.39. The highest BCUT2D eigenvalue weighted by molar-refractivity contribution is 5.85. The predicted molar refractivity (Wildman–Crippen MR) is 87.3 cm³/mol. The van der Waals surface area contributed by atoms with Crippen molar-refractivity contribution in [1.29, 1.82) is 0 Å². The van der Waals surface area contributed by atoms with Crippen LogP contribution in [0.15, 0.2) is 0 Å². The molecule has 0 spiro atoms. The third kappa shape index (κ3) is 7.74. The molecule has 2 aliphatic heterocycles. The van der Waals surface area contributed by atoms with E-state index in [-0.39, 0.29) is 24.4 Å². The Kier molecular flexibility index (Phi) is 9.94. The SMILES string of the molecule is Cl.O=C(NCC1CCCN(CCOCC(F)F)C1)C1CCCN1. The summed E-state index contributed by atoms with van der Waals surface area (Å²) in [6.07, 6.45) is 1.77. The van der Waals surface area contributed by atoms with Crippen molar-refractivity contribution in [3.8, 4) is 0 Å². The highest BCUT2D eigenvalue weighted by atomic mass is 35.5. The van der Waals surface area contributed by atoms with Crippen molar-refractivity contribution in [1.82, 2.24) is 15.5 Å². The first kappa shape index (κ1) is 20.5. The first-order chi connectivity index (χ1) is 10.6. The molecule has 2 atom stereocenters. The molecule has 0 aromatic carbocycles. The molecule has 0 radical (unpaired) electrons. The van der Waals surface area contributed by atoms with E-state index in [4.69, 9.17) is 4.74 Å². The number of carbonyl (C=O) groups excluding carboxylic acids is 1. The Balaban J connectivity index is 0.00000264. The molecule has 1 amide bonds. The zero-order chi connectivity index (χ0) is 15.8. The van der Waals surface area contributed by atoms with E-state index >= 15 is 0 Å². The number of ether oxygens (including phenoxy) is 1. The molecular formula is C15H28ClF2N3O2. The van der Waals surface area contributed by atoms with Crippen LogP contribution < -0.4 is 10.6 Å². The number of carbonyl (C=O) groups is 1. The van der Waals surface area contributed by atoms with Gasteiger partial charge in [-0.15, -0.1) is 12.4 Å². The van der Waals surface area contributed by atoms with Gasteiger partial charge in [0.2, 0.25) is 5.91 Å². The van der Waals surface area contributed by atoms with Gasteiger partial charge in [0.25, 0.3) is 6.43 Å². The van der Waals surface area contributed by atoms with Crippen molar-refractivity contribution in [3.63, 3.8) is 0 Å². The van der Waals surface area contributed by atoms with E-state index < -0.39 is 13.0 Å². The highest BCUT2D eigenvalue weighted by Gasteiger charge is 2.24. The molecule has 2 aliphatic rings. The Bertz CT molecular complexity index is 345. The molecule has 0 aromatic heterocycles. The van der Waals surface area contributed by atoms with Crippen molar-refractivity contribution in [2.45, 2.75) is 38.2 Å². The fourth-order valence-corrected chi connectivity index (χ4v) is 3.16. The summed E-state index contributed by atoms with van der Waals surface area (Å²) in [5.41, 5.74) is 0.